The fourth-order valence-corrected chi connectivity index (χ4v) is 7.46. The largest absolute Gasteiger partial charge is 0.480 e. The van der Waals surface area contributed by atoms with E-state index in [1.165, 1.54) is 29.2 Å². The van der Waals surface area contributed by atoms with Crippen LogP contribution in [0.25, 0.3) is 0 Å². The number of sulfonamides is 1. The summed E-state index contributed by atoms with van der Waals surface area (Å²) >= 11 is 0. The van der Waals surface area contributed by atoms with Gasteiger partial charge in [-0.2, -0.15) is 5.26 Å². The maximum Gasteiger partial charge on any atom is 0.214 e. The van der Waals surface area contributed by atoms with E-state index in [4.69, 9.17) is 15.3 Å². The number of hydrogen-bond donors (Lipinski definition) is 2. The predicted molar refractivity (Wildman–Crippen MR) is 109 cm³/mol. The van der Waals surface area contributed by atoms with Crippen molar-refractivity contribution in [2.45, 2.75) is 62.3 Å². The smallest absolute Gasteiger partial charge is 0.214 e. The number of nitrogens with one attached hydrogen (secondary N) is 1. The highest BCUT2D eigenvalue weighted by atomic mass is 32.2. The molecule has 4 aliphatic carbocycles. The average Bonchev–Trinajstić information content (AvgIpc) is 2.64. The van der Waals surface area contributed by atoms with Gasteiger partial charge in [0.15, 0.2) is 17.6 Å². The molecule has 3 N–H and O–H groups in total. The molecule has 5 rings (SSSR count). The normalized spacial score (nSPS) is 32.5. The van der Waals surface area contributed by atoms with Crippen LogP contribution in [0.15, 0.2) is 24.3 Å². The summed E-state index contributed by atoms with van der Waals surface area (Å²) in [5.74, 6) is 0.327. The van der Waals surface area contributed by atoms with Crippen LogP contribution < -0.4 is 9.88 Å². The molecule has 0 aromatic heterocycles. The van der Waals surface area contributed by atoms with Gasteiger partial charge in [0.25, 0.3) is 0 Å². The SMILES string of the molecule is CC(C)(Oc1ccc(F)cc1)C(=N)N(C#N)C1C2CC3CC1CC(S(N)(=O)=O)(C3)C2. The highest BCUT2D eigenvalue weighted by Gasteiger charge is 2.61. The summed E-state index contributed by atoms with van der Waals surface area (Å²) < 4.78 is 42.9. The van der Waals surface area contributed by atoms with Gasteiger partial charge < -0.3 is 4.74 Å². The van der Waals surface area contributed by atoms with E-state index in [1.54, 1.807) is 13.8 Å². The van der Waals surface area contributed by atoms with E-state index >= 15 is 0 Å². The van der Waals surface area contributed by atoms with Crippen LogP contribution >= 0.6 is 0 Å². The van der Waals surface area contributed by atoms with Crippen LogP contribution in [0, 0.1) is 40.4 Å². The Kier molecular flexibility index (Phi) is 4.86. The lowest BCUT2D eigenvalue weighted by Gasteiger charge is -2.60. The van der Waals surface area contributed by atoms with Crippen molar-refractivity contribution in [1.29, 1.82) is 10.7 Å². The Bertz CT molecular complexity index is 986. The molecule has 0 radical (unpaired) electrons. The van der Waals surface area contributed by atoms with E-state index in [0.29, 0.717) is 30.9 Å². The molecular formula is C21H27FN4O3S. The first-order valence-electron chi connectivity index (χ1n) is 10.2. The van der Waals surface area contributed by atoms with Gasteiger partial charge in [-0.25, -0.2) is 17.9 Å². The molecule has 1 aromatic rings. The van der Waals surface area contributed by atoms with Crippen molar-refractivity contribution in [3.05, 3.63) is 30.1 Å². The van der Waals surface area contributed by atoms with Crippen LogP contribution in [0.4, 0.5) is 4.39 Å². The molecule has 0 saturated heterocycles. The Morgan fingerprint density at radius 3 is 2.33 bits per heavy atom. The Morgan fingerprint density at radius 2 is 1.83 bits per heavy atom. The van der Waals surface area contributed by atoms with Crippen molar-refractivity contribution >= 4 is 15.9 Å². The number of ether oxygens (including phenoxy) is 1. The maximum atomic E-state index is 13.2. The Morgan fingerprint density at radius 1 is 1.27 bits per heavy atom. The quantitative estimate of drug-likeness (QED) is 0.319. The minimum absolute atomic E-state index is 0.00352. The standard InChI is InChI=1S/C21H27FN4O3S/c1-20(2,29-17-5-3-16(22)4-6-17)19(24)26(12-23)18-14-7-13-8-15(18)11-21(9-13,10-14)30(25,27)28/h3-6,13-15,18,24H,7-11H2,1-2H3,(H2,25,27,28). The molecule has 162 valence electrons. The zero-order chi connectivity index (χ0) is 21.9. The van der Waals surface area contributed by atoms with Gasteiger partial charge >= 0.3 is 0 Å². The summed E-state index contributed by atoms with van der Waals surface area (Å²) in [5, 5.41) is 24.3. The second kappa shape index (κ2) is 6.92. The first kappa shape index (κ1) is 21.1. The summed E-state index contributed by atoms with van der Waals surface area (Å²) in [7, 11) is -3.68. The van der Waals surface area contributed by atoms with E-state index in [2.05, 4.69) is 6.19 Å². The van der Waals surface area contributed by atoms with E-state index in [0.717, 1.165) is 12.8 Å². The zero-order valence-corrected chi connectivity index (χ0v) is 18.0. The Labute approximate surface area is 176 Å². The van der Waals surface area contributed by atoms with Crippen LogP contribution in [-0.2, 0) is 10.0 Å². The molecule has 0 spiro atoms. The highest BCUT2D eigenvalue weighted by Crippen LogP contribution is 2.59. The number of rotatable bonds is 5. The predicted octanol–water partition coefficient (Wildman–Crippen LogP) is 2.98. The Balaban J connectivity index is 1.58. The summed E-state index contributed by atoms with van der Waals surface area (Å²) in [4.78, 5) is 1.41. The molecule has 9 heteroatoms. The molecule has 1 aromatic carbocycles. The van der Waals surface area contributed by atoms with Crippen LogP contribution in [0.3, 0.4) is 0 Å². The highest BCUT2D eigenvalue weighted by molar-refractivity contribution is 7.90. The van der Waals surface area contributed by atoms with E-state index < -0.39 is 20.4 Å². The van der Waals surface area contributed by atoms with Gasteiger partial charge in [0, 0.05) is 0 Å². The van der Waals surface area contributed by atoms with Crippen LogP contribution in [0.1, 0.15) is 46.0 Å². The topological polar surface area (TPSA) is 120 Å². The van der Waals surface area contributed by atoms with Gasteiger partial charge in [-0.3, -0.25) is 10.3 Å². The van der Waals surface area contributed by atoms with Crippen molar-refractivity contribution in [3.63, 3.8) is 0 Å². The number of nitrogens with two attached hydrogens (primary N) is 1. The van der Waals surface area contributed by atoms with Crippen molar-refractivity contribution in [1.82, 2.24) is 4.90 Å². The summed E-state index contributed by atoms with van der Waals surface area (Å²) in [6, 6.07) is 5.30. The lowest BCUT2D eigenvalue weighted by atomic mass is 9.53. The number of nitrogens with zero attached hydrogens (tertiary/aromatic N) is 2. The molecule has 0 aliphatic heterocycles. The molecule has 4 saturated carbocycles. The summed E-state index contributed by atoms with van der Waals surface area (Å²) in [6.45, 7) is 3.40. The number of halogens is 1. The number of hydrogen-bond acceptors (Lipinski definition) is 5. The van der Waals surface area contributed by atoms with Crippen LogP contribution in [-0.4, -0.2) is 35.5 Å². The van der Waals surface area contributed by atoms with Crippen molar-refractivity contribution < 1.29 is 17.5 Å². The summed E-state index contributed by atoms with van der Waals surface area (Å²) in [5.41, 5.74) is -1.13. The molecule has 0 heterocycles. The maximum absolute atomic E-state index is 13.2. The minimum atomic E-state index is -3.68. The van der Waals surface area contributed by atoms with E-state index in [1.807, 2.05) is 0 Å². The second-order valence-corrected chi connectivity index (χ2v) is 11.5. The molecular weight excluding hydrogens is 407 g/mol. The lowest BCUT2D eigenvalue weighted by Crippen LogP contribution is -2.66. The molecule has 7 nitrogen and oxygen atoms in total. The third kappa shape index (κ3) is 3.36. The number of nitriles is 1. The monoisotopic (exact) mass is 434 g/mol. The minimum Gasteiger partial charge on any atom is -0.480 e. The van der Waals surface area contributed by atoms with E-state index in [-0.39, 0.29) is 29.5 Å². The van der Waals surface area contributed by atoms with Crippen molar-refractivity contribution in [2.75, 3.05) is 0 Å². The fourth-order valence-electron chi connectivity index (χ4n) is 6.09. The van der Waals surface area contributed by atoms with Crippen LogP contribution in [0.2, 0.25) is 0 Å². The van der Waals surface area contributed by atoms with Crippen molar-refractivity contribution in [3.8, 4) is 11.9 Å². The molecule has 2 unspecified atom stereocenters. The first-order valence-corrected chi connectivity index (χ1v) is 11.8. The number of primary sulfonamides is 1. The molecule has 0 amide bonds. The molecule has 4 fully saturated rings. The number of amidine groups is 1. The van der Waals surface area contributed by atoms with Gasteiger partial charge in [0.2, 0.25) is 10.0 Å². The van der Waals surface area contributed by atoms with Gasteiger partial charge in [0.05, 0.1) is 10.8 Å². The summed E-state index contributed by atoms with van der Waals surface area (Å²) in [6.07, 6.45) is 5.35. The van der Waals surface area contributed by atoms with Gasteiger partial charge in [0.1, 0.15) is 11.6 Å². The average molecular weight is 435 g/mol. The van der Waals surface area contributed by atoms with E-state index in [9.17, 15) is 18.1 Å². The fraction of sp³-hybridized carbons (Fsp3) is 0.619. The second-order valence-electron chi connectivity index (χ2n) is 9.57. The third-order valence-electron chi connectivity index (χ3n) is 7.17. The molecule has 30 heavy (non-hydrogen) atoms. The lowest BCUT2D eigenvalue weighted by molar-refractivity contribution is -0.0244. The molecule has 4 bridgehead atoms. The molecule has 2 atom stereocenters. The number of benzene rings is 1. The van der Waals surface area contributed by atoms with Gasteiger partial charge in [-0.1, -0.05) is 0 Å². The zero-order valence-electron chi connectivity index (χ0n) is 17.1. The third-order valence-corrected chi connectivity index (χ3v) is 8.88. The molecule has 4 aliphatic rings. The van der Waals surface area contributed by atoms with Gasteiger partial charge in [-0.05, 0) is 88.0 Å². The van der Waals surface area contributed by atoms with Crippen molar-refractivity contribution in [2.24, 2.45) is 22.9 Å². The Hall–Kier alpha value is -2.18. The first-order chi connectivity index (χ1) is 14.0. The van der Waals surface area contributed by atoms with Gasteiger partial charge in [-0.15, -0.1) is 0 Å². The van der Waals surface area contributed by atoms with Crippen LogP contribution in [0.5, 0.6) is 5.75 Å².